The standard InChI is InChI=1S/C9H14O2/c1-6(10)7-3-4-9(2)8(5-7)11-9/h7-8H,3-5H2,1-2H3/t7-,8+,9-/m1/s1. The van der Waals surface area contributed by atoms with Crippen molar-refractivity contribution in [3.8, 4) is 0 Å². The van der Waals surface area contributed by atoms with Gasteiger partial charge in [0.25, 0.3) is 0 Å². The second kappa shape index (κ2) is 2.07. The Kier molecular flexibility index (Phi) is 1.37. The molecule has 0 unspecified atom stereocenters. The second-order valence-electron chi connectivity index (χ2n) is 4.00. The summed E-state index contributed by atoms with van der Waals surface area (Å²) in [6.07, 6.45) is 3.46. The van der Waals surface area contributed by atoms with Gasteiger partial charge in [-0.3, -0.25) is 4.79 Å². The number of ether oxygens (including phenoxy) is 1. The first-order chi connectivity index (χ1) is 5.12. The van der Waals surface area contributed by atoms with Crippen LogP contribution in [0.3, 0.4) is 0 Å². The van der Waals surface area contributed by atoms with Gasteiger partial charge in [0.2, 0.25) is 0 Å². The summed E-state index contributed by atoms with van der Waals surface area (Å²) in [5.41, 5.74) is 0.159. The van der Waals surface area contributed by atoms with Crippen LogP contribution in [0.1, 0.15) is 33.1 Å². The molecule has 1 heterocycles. The molecule has 1 saturated carbocycles. The normalized spacial score (nSPS) is 48.2. The number of ketones is 1. The summed E-state index contributed by atoms with van der Waals surface area (Å²) in [7, 11) is 0. The monoisotopic (exact) mass is 154 g/mol. The van der Waals surface area contributed by atoms with Crippen molar-refractivity contribution in [1.82, 2.24) is 0 Å². The van der Waals surface area contributed by atoms with E-state index in [0.717, 1.165) is 19.3 Å². The Morgan fingerprint density at radius 1 is 1.64 bits per heavy atom. The van der Waals surface area contributed by atoms with Crippen LogP contribution in [0.4, 0.5) is 0 Å². The summed E-state index contributed by atoms with van der Waals surface area (Å²) in [4.78, 5) is 11.0. The molecule has 3 atom stereocenters. The van der Waals surface area contributed by atoms with Crippen molar-refractivity contribution in [1.29, 1.82) is 0 Å². The Labute approximate surface area is 66.9 Å². The van der Waals surface area contributed by atoms with Crippen molar-refractivity contribution in [3.63, 3.8) is 0 Å². The van der Waals surface area contributed by atoms with Crippen molar-refractivity contribution in [3.05, 3.63) is 0 Å². The summed E-state index contributed by atoms with van der Waals surface area (Å²) < 4.78 is 5.49. The van der Waals surface area contributed by atoms with Gasteiger partial charge in [-0.25, -0.2) is 0 Å². The first-order valence-electron chi connectivity index (χ1n) is 4.30. The summed E-state index contributed by atoms with van der Waals surface area (Å²) >= 11 is 0. The first kappa shape index (κ1) is 7.29. The van der Waals surface area contributed by atoms with Crippen LogP contribution in [0.2, 0.25) is 0 Å². The molecule has 1 saturated heterocycles. The number of carbonyl (C=O) groups excluding carboxylic acids is 1. The van der Waals surface area contributed by atoms with E-state index < -0.39 is 0 Å². The minimum Gasteiger partial charge on any atom is -0.366 e. The Hall–Kier alpha value is -0.370. The highest BCUT2D eigenvalue weighted by Crippen LogP contribution is 2.49. The topological polar surface area (TPSA) is 29.6 Å². The molecule has 0 spiro atoms. The fourth-order valence-electron chi connectivity index (χ4n) is 2.01. The molecular weight excluding hydrogens is 140 g/mol. The van der Waals surface area contributed by atoms with E-state index >= 15 is 0 Å². The van der Waals surface area contributed by atoms with Crippen LogP contribution in [0.15, 0.2) is 0 Å². The van der Waals surface area contributed by atoms with Crippen molar-refractivity contribution >= 4 is 5.78 Å². The first-order valence-corrected chi connectivity index (χ1v) is 4.30. The Morgan fingerprint density at radius 3 is 2.91 bits per heavy atom. The lowest BCUT2D eigenvalue weighted by atomic mass is 9.81. The second-order valence-corrected chi connectivity index (χ2v) is 4.00. The Balaban J connectivity index is 1.98. The van der Waals surface area contributed by atoms with Crippen LogP contribution in [-0.4, -0.2) is 17.5 Å². The summed E-state index contributed by atoms with van der Waals surface area (Å²) in [6, 6.07) is 0. The average Bonchev–Trinajstić information content (AvgIpc) is 2.58. The Morgan fingerprint density at radius 2 is 2.36 bits per heavy atom. The van der Waals surface area contributed by atoms with Gasteiger partial charge in [0.1, 0.15) is 5.78 Å². The van der Waals surface area contributed by atoms with Crippen molar-refractivity contribution < 1.29 is 9.53 Å². The number of fused-ring (bicyclic) bond motifs is 1. The highest BCUT2D eigenvalue weighted by atomic mass is 16.6. The minimum absolute atomic E-state index is 0.159. The van der Waals surface area contributed by atoms with Gasteiger partial charge in [-0.05, 0) is 33.1 Å². The average molecular weight is 154 g/mol. The summed E-state index contributed by atoms with van der Waals surface area (Å²) in [6.45, 7) is 3.84. The highest BCUT2D eigenvalue weighted by Gasteiger charge is 2.55. The van der Waals surface area contributed by atoms with Crippen LogP contribution >= 0.6 is 0 Å². The maximum absolute atomic E-state index is 11.0. The molecule has 2 heteroatoms. The molecule has 2 rings (SSSR count). The Bertz CT molecular complexity index is 200. The fourth-order valence-corrected chi connectivity index (χ4v) is 2.01. The number of hydrogen-bond donors (Lipinski definition) is 0. The largest absolute Gasteiger partial charge is 0.366 e. The molecule has 1 aliphatic carbocycles. The molecule has 0 bridgehead atoms. The molecule has 2 nitrogen and oxygen atoms in total. The molecule has 0 aromatic carbocycles. The van der Waals surface area contributed by atoms with Gasteiger partial charge in [-0.2, -0.15) is 0 Å². The molecule has 0 radical (unpaired) electrons. The third kappa shape index (κ3) is 1.09. The molecule has 62 valence electrons. The molecule has 1 aliphatic heterocycles. The predicted octanol–water partition coefficient (Wildman–Crippen LogP) is 1.53. The minimum atomic E-state index is 0.159. The fraction of sp³-hybridized carbons (Fsp3) is 0.889. The van der Waals surface area contributed by atoms with E-state index in [-0.39, 0.29) is 11.5 Å². The number of Topliss-reactive ketones (excluding diaryl/α,β-unsaturated/α-hetero) is 1. The van der Waals surface area contributed by atoms with Gasteiger partial charge >= 0.3 is 0 Å². The van der Waals surface area contributed by atoms with Crippen molar-refractivity contribution in [2.75, 3.05) is 0 Å². The van der Waals surface area contributed by atoms with Crippen LogP contribution in [0.5, 0.6) is 0 Å². The zero-order valence-corrected chi connectivity index (χ0v) is 7.09. The molecule has 0 aromatic heterocycles. The van der Waals surface area contributed by atoms with Gasteiger partial charge in [0.15, 0.2) is 0 Å². The number of rotatable bonds is 1. The zero-order valence-electron chi connectivity index (χ0n) is 7.09. The molecule has 0 aromatic rings. The lowest BCUT2D eigenvalue weighted by molar-refractivity contribution is -0.121. The van der Waals surface area contributed by atoms with Gasteiger partial charge in [0.05, 0.1) is 11.7 Å². The highest BCUT2D eigenvalue weighted by molar-refractivity contribution is 5.78. The van der Waals surface area contributed by atoms with Gasteiger partial charge in [-0.15, -0.1) is 0 Å². The molecular formula is C9H14O2. The number of hydrogen-bond acceptors (Lipinski definition) is 2. The maximum Gasteiger partial charge on any atom is 0.133 e. The van der Waals surface area contributed by atoms with Gasteiger partial charge in [-0.1, -0.05) is 0 Å². The van der Waals surface area contributed by atoms with Crippen LogP contribution in [-0.2, 0) is 9.53 Å². The van der Waals surface area contributed by atoms with E-state index in [9.17, 15) is 4.79 Å². The zero-order chi connectivity index (χ0) is 8.06. The number of carbonyl (C=O) groups is 1. The lowest BCUT2D eigenvalue weighted by Crippen LogP contribution is -2.25. The third-order valence-electron chi connectivity index (χ3n) is 3.10. The SMILES string of the molecule is CC(=O)[C@@H]1CC[C@@]2(C)O[C@H]2C1. The van der Waals surface area contributed by atoms with Crippen LogP contribution < -0.4 is 0 Å². The van der Waals surface area contributed by atoms with Crippen molar-refractivity contribution in [2.45, 2.75) is 44.8 Å². The quantitative estimate of drug-likeness (QED) is 0.536. The smallest absolute Gasteiger partial charge is 0.133 e. The molecule has 2 fully saturated rings. The van der Waals surface area contributed by atoms with E-state index in [2.05, 4.69) is 6.92 Å². The van der Waals surface area contributed by atoms with E-state index in [1.165, 1.54) is 0 Å². The van der Waals surface area contributed by atoms with Gasteiger partial charge in [0, 0.05) is 5.92 Å². The molecule has 11 heavy (non-hydrogen) atoms. The van der Waals surface area contributed by atoms with E-state index in [1.54, 1.807) is 6.92 Å². The van der Waals surface area contributed by atoms with E-state index in [4.69, 9.17) is 4.74 Å². The summed E-state index contributed by atoms with van der Waals surface area (Å²) in [5, 5.41) is 0. The van der Waals surface area contributed by atoms with Crippen LogP contribution in [0.25, 0.3) is 0 Å². The summed E-state index contributed by atoms with van der Waals surface area (Å²) in [5.74, 6) is 0.623. The molecule has 0 N–H and O–H groups in total. The third-order valence-corrected chi connectivity index (χ3v) is 3.10. The number of epoxide rings is 1. The van der Waals surface area contributed by atoms with Gasteiger partial charge < -0.3 is 4.74 Å². The lowest BCUT2D eigenvalue weighted by Gasteiger charge is -2.19. The van der Waals surface area contributed by atoms with E-state index in [1.807, 2.05) is 0 Å². The molecule has 2 aliphatic rings. The van der Waals surface area contributed by atoms with Crippen molar-refractivity contribution in [2.24, 2.45) is 5.92 Å². The predicted molar refractivity (Wildman–Crippen MR) is 41.3 cm³/mol. The van der Waals surface area contributed by atoms with E-state index in [0.29, 0.717) is 11.9 Å². The molecule has 0 amide bonds. The van der Waals surface area contributed by atoms with Crippen LogP contribution in [0, 0.1) is 5.92 Å². The maximum atomic E-state index is 11.0.